The van der Waals surface area contributed by atoms with Crippen LogP contribution in [0.5, 0.6) is 0 Å². The Bertz CT molecular complexity index is 850. The van der Waals surface area contributed by atoms with Crippen LogP contribution in [0, 0.1) is 11.3 Å². The quantitative estimate of drug-likeness (QED) is 0.885. The summed E-state index contributed by atoms with van der Waals surface area (Å²) in [6.07, 6.45) is 2.30. The van der Waals surface area contributed by atoms with Gasteiger partial charge in [0.15, 0.2) is 0 Å². The van der Waals surface area contributed by atoms with Gasteiger partial charge in [0.2, 0.25) is 10.0 Å². The normalized spacial score (nSPS) is 20.7. The van der Waals surface area contributed by atoms with Crippen LogP contribution in [-0.2, 0) is 22.0 Å². The molecule has 5 nitrogen and oxygen atoms in total. The standard InChI is InChI=1S/C16H16N2O3S2/c17-10-12-3-5-13(6-4-12)23(20,21)18-11-16(19)8-1-2-15-14(16)7-9-22-15/h3-7,9,18-19H,1-2,8,11H2. The first-order valence-electron chi connectivity index (χ1n) is 7.24. The van der Waals surface area contributed by atoms with E-state index in [9.17, 15) is 13.5 Å². The minimum absolute atomic E-state index is 0.0565. The van der Waals surface area contributed by atoms with Gasteiger partial charge in [-0.1, -0.05) is 0 Å². The largest absolute Gasteiger partial charge is 0.384 e. The van der Waals surface area contributed by atoms with E-state index in [-0.39, 0.29) is 11.4 Å². The van der Waals surface area contributed by atoms with Crippen LogP contribution in [-0.4, -0.2) is 20.1 Å². The summed E-state index contributed by atoms with van der Waals surface area (Å²) in [6.45, 7) is -0.0565. The molecular weight excluding hydrogens is 332 g/mol. The van der Waals surface area contributed by atoms with Crippen LogP contribution in [0.4, 0.5) is 0 Å². The number of hydrogen-bond donors (Lipinski definition) is 2. The van der Waals surface area contributed by atoms with Crippen molar-refractivity contribution in [2.75, 3.05) is 6.54 Å². The molecule has 1 heterocycles. The molecule has 0 fully saturated rings. The minimum Gasteiger partial charge on any atom is -0.384 e. The maximum Gasteiger partial charge on any atom is 0.240 e. The lowest BCUT2D eigenvalue weighted by Crippen LogP contribution is -2.42. The van der Waals surface area contributed by atoms with E-state index in [0.717, 1.165) is 23.3 Å². The summed E-state index contributed by atoms with van der Waals surface area (Å²) in [5.74, 6) is 0. The van der Waals surface area contributed by atoms with E-state index in [1.165, 1.54) is 24.3 Å². The fraction of sp³-hybridized carbons (Fsp3) is 0.312. The molecular formula is C16H16N2O3S2. The van der Waals surface area contributed by atoms with Crippen molar-refractivity contribution in [3.8, 4) is 6.07 Å². The molecule has 120 valence electrons. The lowest BCUT2D eigenvalue weighted by Gasteiger charge is -2.32. The molecule has 1 aromatic heterocycles. The molecule has 7 heteroatoms. The van der Waals surface area contributed by atoms with Crippen LogP contribution < -0.4 is 4.72 Å². The molecule has 0 saturated heterocycles. The van der Waals surface area contributed by atoms with Crippen LogP contribution >= 0.6 is 11.3 Å². The van der Waals surface area contributed by atoms with Crippen LogP contribution in [0.1, 0.15) is 28.8 Å². The van der Waals surface area contributed by atoms with Crippen molar-refractivity contribution in [3.05, 3.63) is 51.7 Å². The number of sulfonamides is 1. The van der Waals surface area contributed by atoms with Crippen LogP contribution in [0.25, 0.3) is 0 Å². The van der Waals surface area contributed by atoms with E-state index in [1.54, 1.807) is 11.3 Å². The molecule has 1 unspecified atom stereocenters. The summed E-state index contributed by atoms with van der Waals surface area (Å²) in [6, 6.07) is 9.52. The lowest BCUT2D eigenvalue weighted by atomic mass is 9.83. The highest BCUT2D eigenvalue weighted by molar-refractivity contribution is 7.89. The first-order valence-corrected chi connectivity index (χ1v) is 9.60. The highest BCUT2D eigenvalue weighted by Gasteiger charge is 2.36. The zero-order chi connectivity index (χ0) is 16.5. The van der Waals surface area contributed by atoms with E-state index in [0.29, 0.717) is 12.0 Å². The monoisotopic (exact) mass is 348 g/mol. The average Bonchev–Trinajstić information content (AvgIpc) is 3.04. The first-order chi connectivity index (χ1) is 10.9. The predicted octanol–water partition coefficient (Wildman–Crippen LogP) is 2.12. The van der Waals surface area contributed by atoms with Gasteiger partial charge in [-0.2, -0.15) is 5.26 Å². The third-order valence-corrected chi connectivity index (χ3v) is 6.49. The number of aryl methyl sites for hydroxylation is 1. The van der Waals surface area contributed by atoms with Gasteiger partial charge in [0.1, 0.15) is 5.60 Å². The van der Waals surface area contributed by atoms with E-state index in [4.69, 9.17) is 5.26 Å². The van der Waals surface area contributed by atoms with Gasteiger partial charge in [-0.3, -0.25) is 0 Å². The Morgan fingerprint density at radius 3 is 2.74 bits per heavy atom. The van der Waals surface area contributed by atoms with Crippen molar-refractivity contribution in [1.29, 1.82) is 5.26 Å². The van der Waals surface area contributed by atoms with Gasteiger partial charge >= 0.3 is 0 Å². The summed E-state index contributed by atoms with van der Waals surface area (Å²) in [4.78, 5) is 1.21. The fourth-order valence-electron chi connectivity index (χ4n) is 2.81. The van der Waals surface area contributed by atoms with Crippen molar-refractivity contribution in [2.45, 2.75) is 29.8 Å². The first kappa shape index (κ1) is 16.1. The van der Waals surface area contributed by atoms with E-state index < -0.39 is 15.6 Å². The number of nitrogens with zero attached hydrogens (tertiary/aromatic N) is 1. The Hall–Kier alpha value is -1.72. The summed E-state index contributed by atoms with van der Waals surface area (Å²) < 4.78 is 27.2. The second kappa shape index (κ2) is 6.06. The molecule has 2 aromatic rings. The summed E-state index contributed by atoms with van der Waals surface area (Å²) in [7, 11) is -3.72. The second-order valence-electron chi connectivity index (χ2n) is 5.60. The van der Waals surface area contributed by atoms with Crippen molar-refractivity contribution < 1.29 is 13.5 Å². The molecule has 1 aliphatic carbocycles. The maximum atomic E-state index is 12.4. The third-order valence-electron chi connectivity index (χ3n) is 4.09. The van der Waals surface area contributed by atoms with Gasteiger partial charge in [0, 0.05) is 11.4 Å². The number of rotatable bonds is 4. The highest BCUT2D eigenvalue weighted by atomic mass is 32.2. The van der Waals surface area contributed by atoms with Crippen molar-refractivity contribution in [2.24, 2.45) is 0 Å². The van der Waals surface area contributed by atoms with E-state index in [2.05, 4.69) is 4.72 Å². The topological polar surface area (TPSA) is 90.2 Å². The lowest BCUT2D eigenvalue weighted by molar-refractivity contribution is 0.0252. The summed E-state index contributed by atoms with van der Waals surface area (Å²) >= 11 is 1.59. The minimum atomic E-state index is -3.72. The smallest absolute Gasteiger partial charge is 0.240 e. The number of nitriles is 1. The summed E-state index contributed by atoms with van der Waals surface area (Å²) in [5, 5.41) is 21.5. The Kier molecular flexibility index (Phi) is 4.25. The van der Waals surface area contributed by atoms with Gasteiger partial charge in [0.25, 0.3) is 0 Å². The molecule has 1 atom stereocenters. The van der Waals surface area contributed by atoms with Crippen LogP contribution in [0.15, 0.2) is 40.6 Å². The van der Waals surface area contributed by atoms with Crippen molar-refractivity contribution >= 4 is 21.4 Å². The van der Waals surface area contributed by atoms with Gasteiger partial charge in [-0.25, -0.2) is 13.1 Å². The molecule has 0 saturated carbocycles. The number of hydrogen-bond acceptors (Lipinski definition) is 5. The van der Waals surface area contributed by atoms with Gasteiger partial charge in [-0.15, -0.1) is 11.3 Å². The molecule has 1 aliphatic rings. The Labute approximate surface area is 139 Å². The van der Waals surface area contributed by atoms with Crippen LogP contribution in [0.2, 0.25) is 0 Å². The highest BCUT2D eigenvalue weighted by Crippen LogP contribution is 2.37. The molecule has 0 radical (unpaired) electrons. The fourth-order valence-corrected chi connectivity index (χ4v) is 4.92. The molecule has 23 heavy (non-hydrogen) atoms. The van der Waals surface area contributed by atoms with Gasteiger partial charge in [0.05, 0.1) is 16.5 Å². The van der Waals surface area contributed by atoms with E-state index >= 15 is 0 Å². The molecule has 0 spiro atoms. The third kappa shape index (κ3) is 3.16. The van der Waals surface area contributed by atoms with E-state index in [1.807, 2.05) is 17.5 Å². The zero-order valence-corrected chi connectivity index (χ0v) is 14.0. The SMILES string of the molecule is N#Cc1ccc(S(=O)(=O)NCC2(O)CCCc3sccc32)cc1. The van der Waals surface area contributed by atoms with Crippen molar-refractivity contribution in [1.82, 2.24) is 4.72 Å². The molecule has 0 aliphatic heterocycles. The number of aliphatic hydroxyl groups is 1. The average molecular weight is 348 g/mol. The number of benzene rings is 1. The number of thiophene rings is 1. The molecule has 2 N–H and O–H groups in total. The Morgan fingerprint density at radius 1 is 1.30 bits per heavy atom. The number of fused-ring (bicyclic) bond motifs is 1. The van der Waals surface area contributed by atoms with Gasteiger partial charge < -0.3 is 5.11 Å². The molecule has 0 bridgehead atoms. The van der Waals surface area contributed by atoms with Crippen molar-refractivity contribution in [3.63, 3.8) is 0 Å². The zero-order valence-electron chi connectivity index (χ0n) is 12.3. The second-order valence-corrected chi connectivity index (χ2v) is 8.37. The molecule has 0 amide bonds. The van der Waals surface area contributed by atoms with Gasteiger partial charge in [-0.05, 0) is 60.5 Å². The summed E-state index contributed by atoms with van der Waals surface area (Å²) in [5.41, 5.74) is 0.0711. The predicted molar refractivity (Wildman–Crippen MR) is 87.5 cm³/mol. The molecule has 3 rings (SSSR count). The maximum absolute atomic E-state index is 12.4. The Morgan fingerprint density at radius 2 is 2.04 bits per heavy atom. The van der Waals surface area contributed by atoms with Crippen LogP contribution in [0.3, 0.4) is 0 Å². The number of nitrogens with one attached hydrogen (secondary N) is 1. The Balaban J connectivity index is 1.79. The molecule has 1 aromatic carbocycles.